The SMILES string of the molecule is Cc1ccc(NC(=O)CN2C(=O)[C@]3(N[C@H](CC(C)C)[C@@H]4C(=O)N(c5ccccc5)C(=O)[C@@H]43)c3ccccc32)cc1. The van der Waals surface area contributed by atoms with Gasteiger partial charge in [-0.05, 0) is 49.6 Å². The van der Waals surface area contributed by atoms with Gasteiger partial charge in [0.05, 0.1) is 17.5 Å². The highest BCUT2D eigenvalue weighted by molar-refractivity contribution is 6.26. The van der Waals surface area contributed by atoms with Gasteiger partial charge in [0.15, 0.2) is 0 Å². The maximum Gasteiger partial charge on any atom is 0.253 e. The lowest BCUT2D eigenvalue weighted by Crippen LogP contribution is -2.56. The van der Waals surface area contributed by atoms with Gasteiger partial charge in [-0.25, -0.2) is 4.90 Å². The Balaban J connectivity index is 1.40. The first-order valence-corrected chi connectivity index (χ1v) is 13.7. The van der Waals surface area contributed by atoms with E-state index in [9.17, 15) is 19.2 Å². The lowest BCUT2D eigenvalue weighted by Gasteiger charge is -2.31. The van der Waals surface area contributed by atoms with Crippen LogP contribution in [0, 0.1) is 24.7 Å². The summed E-state index contributed by atoms with van der Waals surface area (Å²) < 4.78 is 0. The van der Waals surface area contributed by atoms with Crippen LogP contribution in [0.5, 0.6) is 0 Å². The van der Waals surface area contributed by atoms with Crippen molar-refractivity contribution >= 4 is 40.7 Å². The molecule has 2 fully saturated rings. The molecule has 4 amide bonds. The number of benzene rings is 3. The average Bonchev–Trinajstić information content (AvgIpc) is 3.49. The number of hydrogen-bond donors (Lipinski definition) is 2. The van der Waals surface area contributed by atoms with Crippen LogP contribution in [0.25, 0.3) is 0 Å². The van der Waals surface area contributed by atoms with E-state index in [0.29, 0.717) is 29.0 Å². The van der Waals surface area contributed by atoms with Crippen molar-refractivity contribution in [1.82, 2.24) is 5.32 Å². The maximum absolute atomic E-state index is 14.5. The number of para-hydroxylation sites is 2. The number of rotatable bonds is 6. The minimum Gasteiger partial charge on any atom is -0.325 e. The average molecular weight is 537 g/mol. The Morgan fingerprint density at radius 3 is 2.30 bits per heavy atom. The molecule has 3 heterocycles. The summed E-state index contributed by atoms with van der Waals surface area (Å²) >= 11 is 0. The molecule has 2 N–H and O–H groups in total. The van der Waals surface area contributed by atoms with Gasteiger partial charge >= 0.3 is 0 Å². The van der Waals surface area contributed by atoms with Crippen LogP contribution in [-0.4, -0.2) is 36.2 Å². The van der Waals surface area contributed by atoms with Crippen molar-refractivity contribution in [2.24, 2.45) is 17.8 Å². The van der Waals surface area contributed by atoms with Gasteiger partial charge in [-0.1, -0.05) is 67.9 Å². The molecule has 3 aromatic rings. The van der Waals surface area contributed by atoms with E-state index in [1.807, 2.05) is 55.5 Å². The zero-order chi connectivity index (χ0) is 28.2. The highest BCUT2D eigenvalue weighted by Crippen LogP contribution is 2.55. The van der Waals surface area contributed by atoms with Gasteiger partial charge in [0.1, 0.15) is 12.1 Å². The Hall–Kier alpha value is -4.30. The molecule has 0 bridgehead atoms. The Morgan fingerprint density at radius 2 is 1.60 bits per heavy atom. The summed E-state index contributed by atoms with van der Waals surface area (Å²) in [4.78, 5) is 58.4. The molecule has 0 radical (unpaired) electrons. The van der Waals surface area contributed by atoms with Crippen molar-refractivity contribution < 1.29 is 19.2 Å². The minimum absolute atomic E-state index is 0.218. The van der Waals surface area contributed by atoms with Crippen molar-refractivity contribution in [3.63, 3.8) is 0 Å². The molecular weight excluding hydrogens is 504 g/mol. The second-order valence-corrected chi connectivity index (χ2v) is 11.4. The molecule has 40 heavy (non-hydrogen) atoms. The fourth-order valence-corrected chi connectivity index (χ4v) is 6.63. The molecule has 4 atom stereocenters. The smallest absolute Gasteiger partial charge is 0.253 e. The molecule has 6 rings (SSSR count). The molecule has 0 saturated carbocycles. The van der Waals surface area contributed by atoms with Gasteiger partial charge in [-0.15, -0.1) is 0 Å². The number of amides is 4. The fraction of sp³-hybridized carbons (Fsp3) is 0.312. The third kappa shape index (κ3) is 3.93. The van der Waals surface area contributed by atoms with E-state index < -0.39 is 23.3 Å². The predicted octanol–water partition coefficient (Wildman–Crippen LogP) is 4.00. The Labute approximate surface area is 233 Å². The van der Waals surface area contributed by atoms with Gasteiger partial charge in [-0.3, -0.25) is 24.5 Å². The van der Waals surface area contributed by atoms with E-state index in [4.69, 9.17) is 0 Å². The van der Waals surface area contributed by atoms with Crippen LogP contribution in [-0.2, 0) is 24.7 Å². The maximum atomic E-state index is 14.5. The van der Waals surface area contributed by atoms with Gasteiger partial charge in [-0.2, -0.15) is 0 Å². The summed E-state index contributed by atoms with van der Waals surface area (Å²) in [6, 6.07) is 23.2. The molecule has 8 nitrogen and oxygen atoms in total. The molecular formula is C32H32N4O4. The number of hydrogen-bond acceptors (Lipinski definition) is 5. The summed E-state index contributed by atoms with van der Waals surface area (Å²) in [5.41, 5.74) is 1.96. The van der Waals surface area contributed by atoms with Crippen LogP contribution in [0.4, 0.5) is 17.1 Å². The van der Waals surface area contributed by atoms with E-state index in [1.165, 1.54) is 9.80 Å². The number of nitrogens with one attached hydrogen (secondary N) is 2. The number of nitrogens with zero attached hydrogens (tertiary/aromatic N) is 2. The molecule has 2 saturated heterocycles. The number of fused-ring (bicyclic) bond motifs is 4. The Morgan fingerprint density at radius 1 is 0.925 bits per heavy atom. The molecule has 204 valence electrons. The second-order valence-electron chi connectivity index (χ2n) is 11.4. The Bertz CT molecular complexity index is 1500. The van der Waals surface area contributed by atoms with Crippen molar-refractivity contribution in [2.45, 2.75) is 38.8 Å². The summed E-state index contributed by atoms with van der Waals surface area (Å²) in [7, 11) is 0. The highest BCUT2D eigenvalue weighted by Gasteiger charge is 2.71. The standard InChI is InChI=1S/C32H32N4O4/c1-19(2)17-24-27-28(30(39)36(29(27)38)22-9-5-4-6-10-22)32(34-24)23-11-7-8-12-25(23)35(31(32)40)18-26(37)33-21-15-13-20(3)14-16-21/h4-16,19,24,27-28,34H,17-18H2,1-3H3,(H,33,37)/t24-,27+,28-,32+/m1/s1. The van der Waals surface area contributed by atoms with E-state index in [1.54, 1.807) is 30.3 Å². The van der Waals surface area contributed by atoms with Gasteiger partial charge in [0, 0.05) is 23.0 Å². The molecule has 0 unspecified atom stereocenters. The first-order valence-electron chi connectivity index (χ1n) is 13.7. The van der Waals surface area contributed by atoms with E-state index in [0.717, 1.165) is 5.56 Å². The zero-order valence-corrected chi connectivity index (χ0v) is 22.8. The van der Waals surface area contributed by atoms with Crippen LogP contribution < -0.4 is 20.4 Å². The van der Waals surface area contributed by atoms with Crippen LogP contribution in [0.15, 0.2) is 78.9 Å². The van der Waals surface area contributed by atoms with E-state index in [-0.39, 0.29) is 36.2 Å². The third-order valence-corrected chi connectivity index (χ3v) is 8.24. The lowest BCUT2D eigenvalue weighted by atomic mass is 9.76. The molecule has 0 aromatic heterocycles. The summed E-state index contributed by atoms with van der Waals surface area (Å²) in [5, 5.41) is 6.38. The number of aryl methyl sites for hydroxylation is 1. The number of carbonyl (C=O) groups is 4. The van der Waals surface area contributed by atoms with Crippen LogP contribution >= 0.6 is 0 Å². The van der Waals surface area contributed by atoms with Gasteiger partial charge < -0.3 is 10.2 Å². The first-order chi connectivity index (χ1) is 19.2. The van der Waals surface area contributed by atoms with Crippen molar-refractivity contribution in [2.75, 3.05) is 21.7 Å². The van der Waals surface area contributed by atoms with Crippen molar-refractivity contribution in [3.05, 3.63) is 90.0 Å². The van der Waals surface area contributed by atoms with Crippen molar-refractivity contribution in [1.29, 1.82) is 0 Å². The quantitative estimate of drug-likeness (QED) is 0.464. The van der Waals surface area contributed by atoms with E-state index >= 15 is 0 Å². The summed E-state index contributed by atoms with van der Waals surface area (Å²) in [6.45, 7) is 5.87. The van der Waals surface area contributed by atoms with Crippen LogP contribution in [0.1, 0.15) is 31.4 Å². The number of anilines is 3. The third-order valence-electron chi connectivity index (χ3n) is 8.24. The normalized spacial score (nSPS) is 25.2. The molecule has 3 aromatic carbocycles. The fourth-order valence-electron chi connectivity index (χ4n) is 6.63. The topological polar surface area (TPSA) is 98.8 Å². The summed E-state index contributed by atoms with van der Waals surface area (Å²) in [6.07, 6.45) is 0.619. The zero-order valence-electron chi connectivity index (χ0n) is 22.8. The predicted molar refractivity (Wildman–Crippen MR) is 153 cm³/mol. The molecule has 0 aliphatic carbocycles. The highest BCUT2D eigenvalue weighted by atomic mass is 16.2. The largest absolute Gasteiger partial charge is 0.325 e. The Kier molecular flexibility index (Phi) is 6.30. The van der Waals surface area contributed by atoms with E-state index in [2.05, 4.69) is 24.5 Å². The number of carbonyl (C=O) groups excluding carboxylic acids is 4. The summed E-state index contributed by atoms with van der Waals surface area (Å²) in [5.74, 6) is -2.82. The van der Waals surface area contributed by atoms with Crippen molar-refractivity contribution in [3.8, 4) is 0 Å². The van der Waals surface area contributed by atoms with Gasteiger partial charge in [0.25, 0.3) is 5.91 Å². The molecule has 3 aliphatic rings. The molecule has 3 aliphatic heterocycles. The minimum atomic E-state index is -1.44. The molecule has 1 spiro atoms. The van der Waals surface area contributed by atoms with Gasteiger partial charge in [0.2, 0.25) is 17.7 Å². The van der Waals surface area contributed by atoms with Crippen LogP contribution in [0.3, 0.4) is 0 Å². The second kappa shape index (κ2) is 9.71. The van der Waals surface area contributed by atoms with Crippen LogP contribution in [0.2, 0.25) is 0 Å². The lowest BCUT2D eigenvalue weighted by molar-refractivity contribution is -0.132. The molecule has 8 heteroatoms. The monoisotopic (exact) mass is 536 g/mol. The first kappa shape index (κ1) is 26.0. The number of imide groups is 1.